The number of esters is 1. The van der Waals surface area contributed by atoms with Crippen LogP contribution in [0.4, 0.5) is 0 Å². The third kappa shape index (κ3) is 4.31. The number of nitrogens with two attached hydrogens (primary N) is 1. The minimum Gasteiger partial charge on any atom is -0.465 e. The van der Waals surface area contributed by atoms with Crippen LogP contribution in [0.1, 0.15) is 12.5 Å². The molecule has 0 aliphatic heterocycles. The molecule has 2 rings (SSSR count). The quantitative estimate of drug-likeness (QED) is 0.861. The molecule has 110 valence electrons. The molecule has 0 aliphatic rings. The lowest BCUT2D eigenvalue weighted by Gasteiger charge is -2.11. The SMILES string of the molecule is CCOC(=O)C(N)Cc1cccc(-c2ccc(Cl)cc2)c1. The molecule has 2 aromatic rings. The number of hydrogen-bond acceptors (Lipinski definition) is 3. The summed E-state index contributed by atoms with van der Waals surface area (Å²) in [6.07, 6.45) is 0.459. The Kier molecular flexibility index (Phi) is 5.37. The maximum Gasteiger partial charge on any atom is 0.323 e. The van der Waals surface area contributed by atoms with Crippen LogP contribution in [-0.2, 0) is 16.0 Å². The molecule has 4 heteroatoms. The molecule has 2 N–H and O–H groups in total. The standard InChI is InChI=1S/C17H18ClNO2/c1-2-21-17(20)16(19)11-12-4-3-5-14(10-12)13-6-8-15(18)9-7-13/h3-10,16H,2,11,19H2,1H3. The van der Waals surface area contributed by atoms with Crippen molar-refractivity contribution in [3.63, 3.8) is 0 Å². The fourth-order valence-electron chi connectivity index (χ4n) is 2.11. The Bertz CT molecular complexity index is 610. The first-order chi connectivity index (χ1) is 10.1. The predicted octanol–water partition coefficient (Wildman–Crippen LogP) is 3.44. The molecule has 0 aromatic heterocycles. The van der Waals surface area contributed by atoms with E-state index in [0.717, 1.165) is 16.7 Å². The van der Waals surface area contributed by atoms with Gasteiger partial charge in [0.15, 0.2) is 0 Å². The Morgan fingerprint density at radius 2 is 1.90 bits per heavy atom. The van der Waals surface area contributed by atoms with Gasteiger partial charge >= 0.3 is 5.97 Å². The highest BCUT2D eigenvalue weighted by atomic mass is 35.5. The van der Waals surface area contributed by atoms with Crippen LogP contribution in [0, 0.1) is 0 Å². The van der Waals surface area contributed by atoms with E-state index in [4.69, 9.17) is 22.1 Å². The van der Waals surface area contributed by atoms with Crippen LogP contribution in [0.2, 0.25) is 5.02 Å². The lowest BCUT2D eigenvalue weighted by molar-refractivity contribution is -0.144. The molecule has 2 aromatic carbocycles. The fourth-order valence-corrected chi connectivity index (χ4v) is 2.23. The largest absolute Gasteiger partial charge is 0.465 e. The van der Waals surface area contributed by atoms with Gasteiger partial charge in [0.25, 0.3) is 0 Å². The van der Waals surface area contributed by atoms with E-state index in [1.165, 1.54) is 0 Å². The average molecular weight is 304 g/mol. The van der Waals surface area contributed by atoms with Gasteiger partial charge in [0, 0.05) is 5.02 Å². The molecular weight excluding hydrogens is 286 g/mol. The summed E-state index contributed by atoms with van der Waals surface area (Å²) in [5.41, 5.74) is 9.00. The second kappa shape index (κ2) is 7.25. The van der Waals surface area contributed by atoms with Crippen molar-refractivity contribution in [1.29, 1.82) is 0 Å². The smallest absolute Gasteiger partial charge is 0.323 e. The van der Waals surface area contributed by atoms with Crippen LogP contribution >= 0.6 is 11.6 Å². The van der Waals surface area contributed by atoms with Crippen LogP contribution < -0.4 is 5.73 Å². The van der Waals surface area contributed by atoms with Gasteiger partial charge < -0.3 is 10.5 Å². The van der Waals surface area contributed by atoms with E-state index in [-0.39, 0.29) is 5.97 Å². The van der Waals surface area contributed by atoms with Crippen molar-refractivity contribution in [2.75, 3.05) is 6.61 Å². The Morgan fingerprint density at radius 3 is 2.57 bits per heavy atom. The first kappa shape index (κ1) is 15.5. The summed E-state index contributed by atoms with van der Waals surface area (Å²) >= 11 is 5.90. The molecule has 21 heavy (non-hydrogen) atoms. The van der Waals surface area contributed by atoms with Gasteiger partial charge in [-0.1, -0.05) is 48.0 Å². The van der Waals surface area contributed by atoms with Crippen molar-refractivity contribution in [3.05, 3.63) is 59.1 Å². The zero-order chi connectivity index (χ0) is 15.2. The maximum atomic E-state index is 11.6. The number of carbonyl (C=O) groups excluding carboxylic acids is 1. The topological polar surface area (TPSA) is 52.3 Å². The number of rotatable bonds is 5. The van der Waals surface area contributed by atoms with Crippen molar-refractivity contribution in [2.24, 2.45) is 5.73 Å². The Labute approximate surface area is 129 Å². The first-order valence-corrected chi connectivity index (χ1v) is 7.25. The van der Waals surface area contributed by atoms with Crippen molar-refractivity contribution >= 4 is 17.6 Å². The second-order valence-electron chi connectivity index (χ2n) is 4.77. The Morgan fingerprint density at radius 1 is 1.19 bits per heavy atom. The van der Waals surface area contributed by atoms with Gasteiger partial charge in [-0.05, 0) is 42.2 Å². The molecular formula is C17H18ClNO2. The first-order valence-electron chi connectivity index (χ1n) is 6.87. The predicted molar refractivity (Wildman–Crippen MR) is 85.2 cm³/mol. The molecule has 0 heterocycles. The molecule has 1 atom stereocenters. The van der Waals surface area contributed by atoms with Crippen LogP contribution in [0.3, 0.4) is 0 Å². The van der Waals surface area contributed by atoms with Crippen molar-refractivity contribution in [1.82, 2.24) is 0 Å². The molecule has 1 unspecified atom stereocenters. The fraction of sp³-hybridized carbons (Fsp3) is 0.235. The molecule has 0 amide bonds. The summed E-state index contributed by atoms with van der Waals surface area (Å²) in [6.45, 7) is 2.11. The van der Waals surface area contributed by atoms with E-state index in [9.17, 15) is 4.79 Å². The van der Waals surface area contributed by atoms with Crippen molar-refractivity contribution < 1.29 is 9.53 Å². The lowest BCUT2D eigenvalue weighted by Crippen LogP contribution is -2.34. The lowest BCUT2D eigenvalue weighted by atomic mass is 10.00. The van der Waals surface area contributed by atoms with Gasteiger partial charge in [-0.2, -0.15) is 0 Å². The highest BCUT2D eigenvalue weighted by molar-refractivity contribution is 6.30. The zero-order valence-corrected chi connectivity index (χ0v) is 12.6. The molecule has 0 radical (unpaired) electrons. The van der Waals surface area contributed by atoms with E-state index < -0.39 is 6.04 Å². The number of benzene rings is 2. The number of carbonyl (C=O) groups is 1. The van der Waals surface area contributed by atoms with E-state index in [2.05, 4.69) is 0 Å². The Balaban J connectivity index is 2.14. The molecule has 0 aliphatic carbocycles. The summed E-state index contributed by atoms with van der Waals surface area (Å²) in [5.74, 6) is -0.366. The van der Waals surface area contributed by atoms with Crippen molar-refractivity contribution in [3.8, 4) is 11.1 Å². The van der Waals surface area contributed by atoms with Crippen LogP contribution in [0.5, 0.6) is 0 Å². The number of ether oxygens (including phenoxy) is 1. The molecule has 0 saturated heterocycles. The summed E-state index contributed by atoms with van der Waals surface area (Å²) < 4.78 is 4.93. The maximum absolute atomic E-state index is 11.6. The van der Waals surface area contributed by atoms with Gasteiger partial charge in [0.1, 0.15) is 6.04 Å². The van der Waals surface area contributed by atoms with E-state index in [1.807, 2.05) is 48.5 Å². The van der Waals surface area contributed by atoms with Crippen LogP contribution in [0.25, 0.3) is 11.1 Å². The average Bonchev–Trinajstić information content (AvgIpc) is 2.48. The van der Waals surface area contributed by atoms with Gasteiger partial charge in [-0.3, -0.25) is 4.79 Å². The minimum absolute atomic E-state index is 0.345. The second-order valence-corrected chi connectivity index (χ2v) is 5.21. The van der Waals surface area contributed by atoms with Crippen LogP contribution in [-0.4, -0.2) is 18.6 Å². The highest BCUT2D eigenvalue weighted by Gasteiger charge is 2.15. The monoisotopic (exact) mass is 303 g/mol. The van der Waals surface area contributed by atoms with Gasteiger partial charge in [-0.15, -0.1) is 0 Å². The van der Waals surface area contributed by atoms with Gasteiger partial charge in [0.05, 0.1) is 6.61 Å². The number of hydrogen-bond donors (Lipinski definition) is 1. The van der Waals surface area contributed by atoms with Gasteiger partial charge in [-0.25, -0.2) is 0 Å². The summed E-state index contributed by atoms with van der Waals surface area (Å²) in [6, 6.07) is 15.0. The normalized spacial score (nSPS) is 12.0. The zero-order valence-electron chi connectivity index (χ0n) is 11.9. The molecule has 0 fully saturated rings. The molecule has 3 nitrogen and oxygen atoms in total. The van der Waals surface area contributed by atoms with Crippen molar-refractivity contribution in [2.45, 2.75) is 19.4 Å². The summed E-state index contributed by atoms with van der Waals surface area (Å²) in [7, 11) is 0. The van der Waals surface area contributed by atoms with Gasteiger partial charge in [0.2, 0.25) is 0 Å². The van der Waals surface area contributed by atoms with E-state index in [1.54, 1.807) is 6.92 Å². The number of halogens is 1. The molecule has 0 spiro atoms. The Hall–Kier alpha value is -1.84. The van der Waals surface area contributed by atoms with E-state index in [0.29, 0.717) is 18.1 Å². The third-order valence-corrected chi connectivity index (χ3v) is 3.40. The molecule has 0 bridgehead atoms. The minimum atomic E-state index is -0.634. The molecule has 0 saturated carbocycles. The highest BCUT2D eigenvalue weighted by Crippen LogP contribution is 2.22. The van der Waals surface area contributed by atoms with Crippen LogP contribution in [0.15, 0.2) is 48.5 Å². The third-order valence-electron chi connectivity index (χ3n) is 3.15. The van der Waals surface area contributed by atoms with E-state index >= 15 is 0 Å². The summed E-state index contributed by atoms with van der Waals surface area (Å²) in [5, 5.41) is 0.708. The summed E-state index contributed by atoms with van der Waals surface area (Å²) in [4.78, 5) is 11.6.